The van der Waals surface area contributed by atoms with E-state index in [1.165, 1.54) is 17.8 Å². The molecule has 10 nitrogen and oxygen atoms in total. The Hall–Kier alpha value is -3.12. The number of carbonyl (C=O) groups excluding carboxylic acids is 1. The Kier molecular flexibility index (Phi) is 6.84. The molecule has 1 aliphatic rings. The molecule has 4 rings (SSSR count). The second-order valence-corrected chi connectivity index (χ2v) is 10.1. The number of sulfonamides is 1. The van der Waals surface area contributed by atoms with Crippen molar-refractivity contribution in [2.75, 3.05) is 22.4 Å². The SMILES string of the molecule is CCOc1ccc(NS(=O)(=O)c2cc(NC(=O)CSc3nnnn3C3CC3)ccc2C)cc1. The first-order valence-electron chi connectivity index (χ1n) is 10.4. The zero-order valence-electron chi connectivity index (χ0n) is 18.2. The quantitative estimate of drug-likeness (QED) is 0.416. The van der Waals surface area contributed by atoms with Gasteiger partial charge in [-0.3, -0.25) is 9.52 Å². The summed E-state index contributed by atoms with van der Waals surface area (Å²) in [4.78, 5) is 12.5. The average Bonchev–Trinajstić information content (AvgIpc) is 3.52. The second kappa shape index (κ2) is 9.79. The number of nitrogens with one attached hydrogen (secondary N) is 2. The van der Waals surface area contributed by atoms with Crippen molar-refractivity contribution in [3.63, 3.8) is 0 Å². The molecule has 0 radical (unpaired) electrons. The van der Waals surface area contributed by atoms with Gasteiger partial charge in [0, 0.05) is 11.4 Å². The van der Waals surface area contributed by atoms with Crippen molar-refractivity contribution in [1.82, 2.24) is 20.2 Å². The molecule has 1 fully saturated rings. The molecule has 3 aromatic rings. The van der Waals surface area contributed by atoms with Gasteiger partial charge in [0.1, 0.15) is 5.75 Å². The van der Waals surface area contributed by atoms with E-state index in [0.29, 0.717) is 40.5 Å². The number of carbonyl (C=O) groups is 1. The molecule has 2 N–H and O–H groups in total. The highest BCUT2D eigenvalue weighted by Crippen LogP contribution is 2.36. The lowest BCUT2D eigenvalue weighted by molar-refractivity contribution is -0.113. The fourth-order valence-corrected chi connectivity index (χ4v) is 5.19. The van der Waals surface area contributed by atoms with Crippen molar-refractivity contribution in [2.24, 2.45) is 0 Å². The minimum absolute atomic E-state index is 0.0829. The summed E-state index contributed by atoms with van der Waals surface area (Å²) in [5.74, 6) is 0.482. The second-order valence-electron chi connectivity index (χ2n) is 7.52. The first-order chi connectivity index (χ1) is 15.9. The van der Waals surface area contributed by atoms with Gasteiger partial charge in [0.05, 0.1) is 23.3 Å². The van der Waals surface area contributed by atoms with Crippen LogP contribution in [-0.4, -0.2) is 46.9 Å². The standard InChI is InChI=1S/C21H24N6O4S2/c1-3-31-18-10-6-15(7-11-18)24-33(29,30)19-12-16(5-4-14(19)2)22-20(28)13-32-21-23-25-26-27(21)17-8-9-17/h4-7,10-12,17,24H,3,8-9,13H2,1-2H3,(H,22,28). The van der Waals surface area contributed by atoms with Crippen LogP contribution in [-0.2, 0) is 14.8 Å². The normalized spacial score (nSPS) is 13.5. The number of aryl methyl sites for hydroxylation is 1. The first kappa shape index (κ1) is 23.1. The lowest BCUT2D eigenvalue weighted by Crippen LogP contribution is -2.17. The predicted molar refractivity (Wildman–Crippen MR) is 125 cm³/mol. The van der Waals surface area contributed by atoms with Gasteiger partial charge in [-0.15, -0.1) is 5.10 Å². The van der Waals surface area contributed by atoms with E-state index in [1.807, 2.05) is 6.92 Å². The van der Waals surface area contributed by atoms with E-state index < -0.39 is 10.0 Å². The minimum Gasteiger partial charge on any atom is -0.494 e. The van der Waals surface area contributed by atoms with Crippen molar-refractivity contribution in [3.8, 4) is 5.75 Å². The van der Waals surface area contributed by atoms with E-state index in [1.54, 1.807) is 48.0 Å². The van der Waals surface area contributed by atoms with E-state index in [9.17, 15) is 13.2 Å². The van der Waals surface area contributed by atoms with Gasteiger partial charge in [-0.2, -0.15) is 0 Å². The van der Waals surface area contributed by atoms with Gasteiger partial charge in [-0.25, -0.2) is 13.1 Å². The number of benzene rings is 2. The van der Waals surface area contributed by atoms with Crippen LogP contribution in [0.3, 0.4) is 0 Å². The summed E-state index contributed by atoms with van der Waals surface area (Å²) in [5.41, 5.74) is 1.36. The zero-order valence-corrected chi connectivity index (χ0v) is 19.8. The number of aromatic nitrogens is 4. The molecule has 1 amide bonds. The number of ether oxygens (including phenoxy) is 1. The van der Waals surface area contributed by atoms with Crippen LogP contribution in [0.15, 0.2) is 52.5 Å². The summed E-state index contributed by atoms with van der Waals surface area (Å²) in [6, 6.07) is 11.8. The molecule has 1 aliphatic carbocycles. The molecule has 0 aliphatic heterocycles. The monoisotopic (exact) mass is 488 g/mol. The van der Waals surface area contributed by atoms with Crippen LogP contribution >= 0.6 is 11.8 Å². The van der Waals surface area contributed by atoms with E-state index in [4.69, 9.17) is 4.74 Å². The molecule has 1 heterocycles. The molecule has 12 heteroatoms. The highest BCUT2D eigenvalue weighted by atomic mass is 32.2. The number of anilines is 2. The third-order valence-corrected chi connectivity index (χ3v) is 7.32. The van der Waals surface area contributed by atoms with Crippen LogP contribution in [0.25, 0.3) is 0 Å². The fourth-order valence-electron chi connectivity index (χ4n) is 3.12. The van der Waals surface area contributed by atoms with Crippen LogP contribution in [0.4, 0.5) is 11.4 Å². The Morgan fingerprint density at radius 3 is 2.61 bits per heavy atom. The van der Waals surface area contributed by atoms with E-state index >= 15 is 0 Å². The van der Waals surface area contributed by atoms with Gasteiger partial charge in [0.25, 0.3) is 10.0 Å². The summed E-state index contributed by atoms with van der Waals surface area (Å²) in [6.07, 6.45) is 2.08. The van der Waals surface area contributed by atoms with Crippen LogP contribution in [0, 0.1) is 6.92 Å². The van der Waals surface area contributed by atoms with Gasteiger partial charge in [0.15, 0.2) is 0 Å². The molecular weight excluding hydrogens is 464 g/mol. The van der Waals surface area contributed by atoms with Gasteiger partial charge in [-0.05, 0) is 79.1 Å². The number of tetrazole rings is 1. The van der Waals surface area contributed by atoms with Crippen molar-refractivity contribution < 1.29 is 17.9 Å². The first-order valence-corrected chi connectivity index (χ1v) is 12.9. The Labute approximate surface area is 196 Å². The lowest BCUT2D eigenvalue weighted by Gasteiger charge is -2.13. The average molecular weight is 489 g/mol. The number of rotatable bonds is 10. The zero-order chi connectivity index (χ0) is 23.4. The van der Waals surface area contributed by atoms with Gasteiger partial charge >= 0.3 is 0 Å². The van der Waals surface area contributed by atoms with Crippen LogP contribution in [0.5, 0.6) is 5.75 Å². The van der Waals surface area contributed by atoms with Gasteiger partial charge in [0.2, 0.25) is 11.1 Å². The molecule has 2 aromatic carbocycles. The van der Waals surface area contributed by atoms with Crippen molar-refractivity contribution >= 4 is 39.1 Å². The van der Waals surface area contributed by atoms with Crippen molar-refractivity contribution in [2.45, 2.75) is 42.8 Å². The number of hydrogen-bond donors (Lipinski definition) is 2. The van der Waals surface area contributed by atoms with Crippen molar-refractivity contribution in [3.05, 3.63) is 48.0 Å². The Bertz CT molecular complexity index is 1240. The predicted octanol–water partition coefficient (Wildman–Crippen LogP) is 3.25. The number of amides is 1. The molecule has 0 spiro atoms. The number of thioether (sulfide) groups is 1. The van der Waals surface area contributed by atoms with Crippen LogP contribution in [0.1, 0.15) is 31.4 Å². The smallest absolute Gasteiger partial charge is 0.262 e. The maximum absolute atomic E-state index is 13.0. The van der Waals surface area contributed by atoms with Crippen LogP contribution < -0.4 is 14.8 Å². The summed E-state index contributed by atoms with van der Waals surface area (Å²) >= 11 is 1.24. The molecule has 0 bridgehead atoms. The number of nitrogens with zero attached hydrogens (tertiary/aromatic N) is 4. The molecule has 33 heavy (non-hydrogen) atoms. The fraction of sp³-hybridized carbons (Fsp3) is 0.333. The molecule has 0 saturated heterocycles. The summed E-state index contributed by atoms with van der Waals surface area (Å²) in [7, 11) is -3.86. The van der Waals surface area contributed by atoms with E-state index in [0.717, 1.165) is 12.8 Å². The third-order valence-electron chi connectivity index (χ3n) is 4.87. The summed E-state index contributed by atoms with van der Waals surface area (Å²) < 4.78 is 35.6. The summed E-state index contributed by atoms with van der Waals surface area (Å²) in [6.45, 7) is 4.10. The Balaban J connectivity index is 1.41. The van der Waals surface area contributed by atoms with E-state index in [-0.39, 0.29) is 16.6 Å². The third kappa shape index (κ3) is 5.82. The van der Waals surface area contributed by atoms with E-state index in [2.05, 4.69) is 25.6 Å². The largest absolute Gasteiger partial charge is 0.494 e. The molecule has 1 saturated carbocycles. The lowest BCUT2D eigenvalue weighted by atomic mass is 10.2. The van der Waals surface area contributed by atoms with Crippen LogP contribution in [0.2, 0.25) is 0 Å². The molecule has 0 atom stereocenters. The molecule has 0 unspecified atom stereocenters. The molecule has 174 valence electrons. The topological polar surface area (TPSA) is 128 Å². The maximum Gasteiger partial charge on any atom is 0.262 e. The van der Waals surface area contributed by atoms with Crippen molar-refractivity contribution in [1.29, 1.82) is 0 Å². The maximum atomic E-state index is 13.0. The Morgan fingerprint density at radius 2 is 1.91 bits per heavy atom. The molecule has 1 aromatic heterocycles. The summed E-state index contributed by atoms with van der Waals surface area (Å²) in [5, 5.41) is 14.9. The van der Waals surface area contributed by atoms with Gasteiger partial charge in [-0.1, -0.05) is 17.8 Å². The van der Waals surface area contributed by atoms with Gasteiger partial charge < -0.3 is 10.1 Å². The highest BCUT2D eigenvalue weighted by molar-refractivity contribution is 7.99. The minimum atomic E-state index is -3.86. The number of hydrogen-bond acceptors (Lipinski definition) is 8. The Morgan fingerprint density at radius 1 is 1.18 bits per heavy atom. The highest BCUT2D eigenvalue weighted by Gasteiger charge is 2.28. The molecular formula is C21H24N6O4S2.